The first kappa shape index (κ1) is 7.64. The Kier molecular flexibility index (Phi) is 1.28. The molecule has 0 aliphatic heterocycles. The fraction of sp³-hybridized carbons (Fsp3) is 0.909. The van der Waals surface area contributed by atoms with E-state index in [-0.39, 0.29) is 0 Å². The highest BCUT2D eigenvalue weighted by molar-refractivity contribution is 5.21. The third-order valence-corrected chi connectivity index (χ3v) is 4.93. The number of hydrogen-bond donors (Lipinski definition) is 0. The molecule has 0 nitrogen and oxygen atoms in total. The van der Waals surface area contributed by atoms with Crippen LogP contribution in [0.5, 0.6) is 0 Å². The predicted octanol–water partition coefficient (Wildman–Crippen LogP) is 3.43. The molecule has 0 spiro atoms. The zero-order valence-electron chi connectivity index (χ0n) is 8.20. The maximum absolute atomic E-state index is 2.47. The van der Waals surface area contributed by atoms with Crippen molar-refractivity contribution in [3.63, 3.8) is 0 Å². The number of rotatable bonds is 0. The van der Waals surface area contributed by atoms with Gasteiger partial charge in [0.25, 0.3) is 0 Å². The number of hydrogen-bond acceptors (Lipinski definition) is 0. The molecule has 0 amide bonds. The molecule has 0 saturated heterocycles. The Morgan fingerprint density at radius 3 is 2.09 bits per heavy atom. The maximum Gasteiger partial charge on any atom is -0.0205 e. The molecule has 2 rings (SSSR count). The zero-order chi connectivity index (χ0) is 8.28. The van der Waals surface area contributed by atoms with Crippen LogP contribution in [-0.4, -0.2) is 0 Å². The fourth-order valence-electron chi connectivity index (χ4n) is 3.31. The van der Waals surface area contributed by atoms with Gasteiger partial charge in [-0.1, -0.05) is 27.7 Å². The highest BCUT2D eigenvalue weighted by atomic mass is 14.6. The first-order chi connectivity index (χ1) is 4.98. The van der Waals surface area contributed by atoms with Crippen molar-refractivity contribution >= 4 is 0 Å². The molecule has 0 heterocycles. The molecular formula is C11H19. The molecular weight excluding hydrogens is 132 g/mol. The first-order valence-electron chi connectivity index (χ1n) is 4.81. The van der Waals surface area contributed by atoms with E-state index in [0.29, 0.717) is 10.8 Å². The molecule has 2 bridgehead atoms. The summed E-state index contributed by atoms with van der Waals surface area (Å²) in [7, 11) is 0. The largest absolute Gasteiger partial charge is 0.0591 e. The molecule has 0 unspecified atom stereocenters. The summed E-state index contributed by atoms with van der Waals surface area (Å²) in [6, 6.07) is 0. The summed E-state index contributed by atoms with van der Waals surface area (Å²) in [4.78, 5) is 0. The standard InChI is InChI=1S/C11H19/c1-8-7-9-5-6-11(8,4)10(9,2)3/h9H,5-7H2,1-4H3/t9-,11-/m0/s1. The molecule has 2 aliphatic carbocycles. The summed E-state index contributed by atoms with van der Waals surface area (Å²) in [6.07, 6.45) is 4.32. The lowest BCUT2D eigenvalue weighted by Crippen LogP contribution is -2.29. The summed E-state index contributed by atoms with van der Waals surface area (Å²) in [6.45, 7) is 9.75. The van der Waals surface area contributed by atoms with Crippen molar-refractivity contribution in [2.24, 2.45) is 16.7 Å². The van der Waals surface area contributed by atoms with Gasteiger partial charge in [0.1, 0.15) is 0 Å². The van der Waals surface area contributed by atoms with Gasteiger partial charge in [-0.15, -0.1) is 0 Å². The minimum Gasteiger partial charge on any atom is -0.0591 e. The third-order valence-electron chi connectivity index (χ3n) is 4.93. The van der Waals surface area contributed by atoms with Crippen LogP contribution in [0.25, 0.3) is 0 Å². The zero-order valence-corrected chi connectivity index (χ0v) is 8.20. The molecule has 2 atom stereocenters. The van der Waals surface area contributed by atoms with Crippen LogP contribution in [0.1, 0.15) is 47.0 Å². The van der Waals surface area contributed by atoms with Crippen LogP contribution in [0, 0.1) is 22.7 Å². The average Bonchev–Trinajstić information content (AvgIpc) is 2.20. The molecule has 2 aliphatic rings. The van der Waals surface area contributed by atoms with Crippen LogP contribution < -0.4 is 0 Å². The van der Waals surface area contributed by atoms with Gasteiger partial charge in [0.15, 0.2) is 0 Å². The van der Waals surface area contributed by atoms with Gasteiger partial charge in [-0.3, -0.25) is 0 Å². The second kappa shape index (κ2) is 1.84. The van der Waals surface area contributed by atoms with Crippen molar-refractivity contribution < 1.29 is 0 Å². The normalized spacial score (nSPS) is 48.5. The summed E-state index contributed by atoms with van der Waals surface area (Å²) in [5.74, 6) is 2.76. The second-order valence-electron chi connectivity index (χ2n) is 5.27. The Bertz CT molecular complexity index is 180. The Morgan fingerprint density at radius 1 is 1.27 bits per heavy atom. The molecule has 1 radical (unpaired) electrons. The van der Waals surface area contributed by atoms with E-state index in [1.54, 1.807) is 5.92 Å². The highest BCUT2D eigenvalue weighted by Gasteiger charge is 2.59. The fourth-order valence-corrected chi connectivity index (χ4v) is 3.31. The van der Waals surface area contributed by atoms with Gasteiger partial charge in [0.05, 0.1) is 0 Å². The summed E-state index contributed by atoms with van der Waals surface area (Å²) in [5, 5.41) is 0. The van der Waals surface area contributed by atoms with E-state index in [2.05, 4.69) is 27.7 Å². The lowest BCUT2D eigenvalue weighted by Gasteiger charge is -2.37. The van der Waals surface area contributed by atoms with E-state index in [1.807, 2.05) is 0 Å². The first-order valence-corrected chi connectivity index (χ1v) is 4.81. The summed E-state index contributed by atoms with van der Waals surface area (Å²) in [5.41, 5.74) is 1.18. The minimum absolute atomic E-state index is 0.581. The summed E-state index contributed by atoms with van der Waals surface area (Å²) < 4.78 is 0. The molecule has 63 valence electrons. The third kappa shape index (κ3) is 0.666. The molecule has 0 aromatic heterocycles. The van der Waals surface area contributed by atoms with Crippen LogP contribution in [0.3, 0.4) is 0 Å². The van der Waals surface area contributed by atoms with Gasteiger partial charge < -0.3 is 0 Å². The lowest BCUT2D eigenvalue weighted by atomic mass is 9.67. The van der Waals surface area contributed by atoms with E-state index >= 15 is 0 Å². The van der Waals surface area contributed by atoms with Crippen molar-refractivity contribution in [1.29, 1.82) is 0 Å². The van der Waals surface area contributed by atoms with Gasteiger partial charge in [-0.05, 0) is 41.9 Å². The highest BCUT2D eigenvalue weighted by Crippen LogP contribution is 2.68. The van der Waals surface area contributed by atoms with Crippen molar-refractivity contribution in [2.45, 2.75) is 47.0 Å². The van der Waals surface area contributed by atoms with Gasteiger partial charge in [0.2, 0.25) is 0 Å². The minimum atomic E-state index is 0.581. The molecule has 0 aromatic carbocycles. The summed E-state index contributed by atoms with van der Waals surface area (Å²) >= 11 is 0. The van der Waals surface area contributed by atoms with Gasteiger partial charge in [0, 0.05) is 0 Å². The van der Waals surface area contributed by atoms with Crippen molar-refractivity contribution in [1.82, 2.24) is 0 Å². The van der Waals surface area contributed by atoms with Gasteiger partial charge in [-0.25, -0.2) is 0 Å². The van der Waals surface area contributed by atoms with Crippen LogP contribution in [0.2, 0.25) is 0 Å². The topological polar surface area (TPSA) is 0 Å². The average molecular weight is 151 g/mol. The van der Waals surface area contributed by atoms with Crippen molar-refractivity contribution in [3.8, 4) is 0 Å². The van der Waals surface area contributed by atoms with E-state index in [1.165, 1.54) is 19.3 Å². The molecule has 0 heteroatoms. The lowest BCUT2D eigenvalue weighted by molar-refractivity contribution is 0.166. The monoisotopic (exact) mass is 151 g/mol. The second-order valence-corrected chi connectivity index (χ2v) is 5.27. The van der Waals surface area contributed by atoms with Crippen LogP contribution >= 0.6 is 0 Å². The smallest absolute Gasteiger partial charge is 0.0205 e. The Morgan fingerprint density at radius 2 is 1.91 bits per heavy atom. The predicted molar refractivity (Wildman–Crippen MR) is 48.1 cm³/mol. The van der Waals surface area contributed by atoms with Crippen LogP contribution in [0.4, 0.5) is 0 Å². The Labute approximate surface area is 70.4 Å². The van der Waals surface area contributed by atoms with Crippen LogP contribution in [0.15, 0.2) is 0 Å². The molecule has 0 aromatic rings. The van der Waals surface area contributed by atoms with Crippen molar-refractivity contribution in [3.05, 3.63) is 5.92 Å². The molecule has 0 N–H and O–H groups in total. The molecule has 2 saturated carbocycles. The molecule has 2 fully saturated rings. The van der Waals surface area contributed by atoms with Gasteiger partial charge in [-0.2, -0.15) is 0 Å². The Hall–Kier alpha value is 0. The van der Waals surface area contributed by atoms with E-state index in [4.69, 9.17) is 0 Å². The Balaban J connectivity index is 2.40. The van der Waals surface area contributed by atoms with Crippen molar-refractivity contribution in [2.75, 3.05) is 0 Å². The van der Waals surface area contributed by atoms with Crippen LogP contribution in [-0.2, 0) is 0 Å². The molecule has 11 heavy (non-hydrogen) atoms. The number of fused-ring (bicyclic) bond motifs is 2. The maximum atomic E-state index is 2.47. The van der Waals surface area contributed by atoms with E-state index in [0.717, 1.165) is 5.92 Å². The van der Waals surface area contributed by atoms with E-state index in [9.17, 15) is 0 Å². The SMILES string of the molecule is C[C]1C[C@@H]2CC[C@]1(C)C2(C)C. The van der Waals surface area contributed by atoms with E-state index < -0.39 is 0 Å². The van der Waals surface area contributed by atoms with Gasteiger partial charge >= 0.3 is 0 Å². The quantitative estimate of drug-likeness (QED) is 0.497.